The molecule has 0 bridgehead atoms. The maximum absolute atomic E-state index is 11.8. The number of halogens is 1. The van der Waals surface area contributed by atoms with Crippen molar-refractivity contribution >= 4 is 29.1 Å². The smallest absolute Gasteiger partial charge is 0.313 e. The molecule has 0 aliphatic heterocycles. The van der Waals surface area contributed by atoms with Gasteiger partial charge in [-0.1, -0.05) is 24.9 Å². The number of amides is 2. The molecule has 0 aliphatic rings. The zero-order valence-corrected chi connectivity index (χ0v) is 12.6. The van der Waals surface area contributed by atoms with Gasteiger partial charge < -0.3 is 15.4 Å². The van der Waals surface area contributed by atoms with Gasteiger partial charge in [-0.25, -0.2) is 0 Å². The Kier molecular flexibility index (Phi) is 6.31. The summed E-state index contributed by atoms with van der Waals surface area (Å²) in [6.07, 6.45) is 1.79. The second-order valence-electron chi connectivity index (χ2n) is 4.37. The van der Waals surface area contributed by atoms with Crippen LogP contribution in [-0.4, -0.2) is 25.5 Å². The molecule has 0 spiro atoms. The fourth-order valence-corrected chi connectivity index (χ4v) is 1.72. The van der Waals surface area contributed by atoms with E-state index in [1.807, 2.05) is 6.92 Å². The second kappa shape index (κ2) is 7.75. The molecule has 110 valence electrons. The quantitative estimate of drug-likeness (QED) is 0.648. The van der Waals surface area contributed by atoms with Gasteiger partial charge in [0.2, 0.25) is 0 Å². The lowest BCUT2D eigenvalue weighted by Gasteiger charge is -2.12. The highest BCUT2D eigenvalue weighted by molar-refractivity contribution is 6.40. The van der Waals surface area contributed by atoms with Gasteiger partial charge in [-0.3, -0.25) is 9.59 Å². The number of unbranched alkanes of at least 4 members (excludes halogenated alkanes) is 1. The molecule has 0 fully saturated rings. The molecule has 20 heavy (non-hydrogen) atoms. The number of ether oxygens (including phenoxy) is 1. The number of hydrogen-bond donors (Lipinski definition) is 2. The summed E-state index contributed by atoms with van der Waals surface area (Å²) in [6, 6.07) is 3.26. The van der Waals surface area contributed by atoms with E-state index in [9.17, 15) is 9.59 Å². The molecule has 6 heteroatoms. The number of anilines is 1. The summed E-state index contributed by atoms with van der Waals surface area (Å²) in [6.45, 7) is 4.30. The molecule has 1 aromatic rings. The van der Waals surface area contributed by atoms with Crippen LogP contribution in [0.15, 0.2) is 12.1 Å². The summed E-state index contributed by atoms with van der Waals surface area (Å²) in [5, 5.41) is 5.61. The van der Waals surface area contributed by atoms with Gasteiger partial charge in [0.05, 0.1) is 12.8 Å². The maximum Gasteiger partial charge on any atom is 0.313 e. The molecule has 0 heterocycles. The van der Waals surface area contributed by atoms with Gasteiger partial charge in [0, 0.05) is 17.6 Å². The van der Waals surface area contributed by atoms with E-state index >= 15 is 0 Å². The minimum Gasteiger partial charge on any atom is -0.495 e. The maximum atomic E-state index is 11.8. The average molecular weight is 299 g/mol. The number of rotatable bonds is 5. The third kappa shape index (κ3) is 4.42. The molecule has 1 rings (SSSR count). The van der Waals surface area contributed by atoms with E-state index in [-0.39, 0.29) is 0 Å². The largest absolute Gasteiger partial charge is 0.495 e. The van der Waals surface area contributed by atoms with Crippen LogP contribution in [0.2, 0.25) is 5.02 Å². The molecule has 2 N–H and O–H groups in total. The standard InChI is InChI=1S/C14H19ClN2O3/c1-4-5-6-16-13(18)14(19)17-11-7-9(2)10(15)8-12(11)20-3/h7-8H,4-6H2,1-3H3,(H,16,18)(H,17,19). The molecule has 5 nitrogen and oxygen atoms in total. The normalized spacial score (nSPS) is 10.0. The van der Waals surface area contributed by atoms with Crippen molar-refractivity contribution in [3.63, 3.8) is 0 Å². The number of carbonyl (C=O) groups is 2. The SMILES string of the molecule is CCCCNC(=O)C(=O)Nc1cc(C)c(Cl)cc1OC. The molecule has 0 atom stereocenters. The Hall–Kier alpha value is -1.75. The van der Waals surface area contributed by atoms with Crippen LogP contribution in [0.25, 0.3) is 0 Å². The highest BCUT2D eigenvalue weighted by atomic mass is 35.5. The van der Waals surface area contributed by atoms with Crippen molar-refractivity contribution in [2.45, 2.75) is 26.7 Å². The van der Waals surface area contributed by atoms with Crippen molar-refractivity contribution in [1.29, 1.82) is 0 Å². The highest BCUT2D eigenvalue weighted by Gasteiger charge is 2.16. The Labute approximate surface area is 123 Å². The van der Waals surface area contributed by atoms with E-state index in [4.69, 9.17) is 16.3 Å². The third-order valence-corrected chi connectivity index (χ3v) is 3.16. The van der Waals surface area contributed by atoms with Gasteiger partial charge in [0.1, 0.15) is 5.75 Å². The van der Waals surface area contributed by atoms with Crippen molar-refractivity contribution in [2.24, 2.45) is 0 Å². The van der Waals surface area contributed by atoms with Crippen LogP contribution in [0.5, 0.6) is 5.75 Å². The van der Waals surface area contributed by atoms with Gasteiger partial charge in [0.25, 0.3) is 0 Å². The third-order valence-electron chi connectivity index (χ3n) is 2.75. The first kappa shape index (κ1) is 16.3. The van der Waals surface area contributed by atoms with Gasteiger partial charge in [-0.15, -0.1) is 0 Å². The number of carbonyl (C=O) groups excluding carboxylic acids is 2. The van der Waals surface area contributed by atoms with Crippen molar-refractivity contribution in [3.05, 3.63) is 22.7 Å². The van der Waals surface area contributed by atoms with Crippen LogP contribution in [0.1, 0.15) is 25.3 Å². The monoisotopic (exact) mass is 298 g/mol. The first-order valence-electron chi connectivity index (χ1n) is 6.42. The molecule has 0 aromatic heterocycles. The Morgan fingerprint density at radius 1 is 1.30 bits per heavy atom. The fraction of sp³-hybridized carbons (Fsp3) is 0.429. The van der Waals surface area contributed by atoms with Crippen molar-refractivity contribution in [3.8, 4) is 5.75 Å². The van der Waals surface area contributed by atoms with Crippen molar-refractivity contribution in [1.82, 2.24) is 5.32 Å². The topological polar surface area (TPSA) is 67.4 Å². The van der Waals surface area contributed by atoms with Crippen LogP contribution in [-0.2, 0) is 9.59 Å². The minimum atomic E-state index is -0.721. The molecular formula is C14H19ClN2O3. The van der Waals surface area contributed by atoms with E-state index in [0.29, 0.717) is 23.0 Å². The molecule has 0 unspecified atom stereocenters. The fourth-order valence-electron chi connectivity index (χ4n) is 1.57. The summed E-state index contributed by atoms with van der Waals surface area (Å²) in [4.78, 5) is 23.3. The number of nitrogens with one attached hydrogen (secondary N) is 2. The number of methoxy groups -OCH3 is 1. The van der Waals surface area contributed by atoms with Crippen LogP contribution in [0.4, 0.5) is 5.69 Å². The summed E-state index contributed by atoms with van der Waals surface area (Å²) < 4.78 is 5.13. The van der Waals surface area contributed by atoms with Crippen LogP contribution < -0.4 is 15.4 Å². The molecule has 0 saturated carbocycles. The van der Waals surface area contributed by atoms with Gasteiger partial charge in [0.15, 0.2) is 0 Å². The Bertz CT molecular complexity index is 503. The van der Waals surface area contributed by atoms with Crippen LogP contribution in [0, 0.1) is 6.92 Å². The lowest BCUT2D eigenvalue weighted by atomic mass is 10.2. The second-order valence-corrected chi connectivity index (χ2v) is 4.77. The van der Waals surface area contributed by atoms with E-state index in [1.54, 1.807) is 19.1 Å². The molecule has 0 radical (unpaired) electrons. The molecule has 0 saturated heterocycles. The summed E-state index contributed by atoms with van der Waals surface area (Å²) >= 11 is 5.98. The lowest BCUT2D eigenvalue weighted by molar-refractivity contribution is -0.136. The van der Waals surface area contributed by atoms with Crippen LogP contribution >= 0.6 is 11.6 Å². The van der Waals surface area contributed by atoms with E-state index < -0.39 is 11.8 Å². The van der Waals surface area contributed by atoms with Gasteiger partial charge in [-0.05, 0) is 25.0 Å². The lowest BCUT2D eigenvalue weighted by Crippen LogP contribution is -2.35. The van der Waals surface area contributed by atoms with E-state index in [1.165, 1.54) is 7.11 Å². The Balaban J connectivity index is 2.75. The predicted octanol–water partition coefficient (Wildman–Crippen LogP) is 2.51. The average Bonchev–Trinajstić information content (AvgIpc) is 2.42. The Morgan fingerprint density at radius 3 is 2.60 bits per heavy atom. The molecular weight excluding hydrogens is 280 g/mol. The first-order chi connectivity index (χ1) is 9.49. The number of aryl methyl sites for hydroxylation is 1. The van der Waals surface area contributed by atoms with Crippen molar-refractivity contribution < 1.29 is 14.3 Å². The number of hydrogen-bond acceptors (Lipinski definition) is 3. The van der Waals surface area contributed by atoms with Crippen molar-refractivity contribution in [2.75, 3.05) is 19.0 Å². The summed E-state index contributed by atoms with van der Waals surface area (Å²) in [5.74, 6) is -0.968. The molecule has 0 aliphatic carbocycles. The molecule has 2 amide bonds. The zero-order chi connectivity index (χ0) is 15.1. The minimum absolute atomic E-state index is 0.412. The van der Waals surface area contributed by atoms with Gasteiger partial charge >= 0.3 is 11.8 Å². The Morgan fingerprint density at radius 2 is 2.00 bits per heavy atom. The van der Waals surface area contributed by atoms with E-state index in [2.05, 4.69) is 10.6 Å². The predicted molar refractivity (Wildman–Crippen MR) is 79.3 cm³/mol. The first-order valence-corrected chi connectivity index (χ1v) is 6.80. The zero-order valence-electron chi connectivity index (χ0n) is 11.9. The van der Waals surface area contributed by atoms with Crippen LogP contribution in [0.3, 0.4) is 0 Å². The number of benzene rings is 1. The van der Waals surface area contributed by atoms with Gasteiger partial charge in [-0.2, -0.15) is 0 Å². The molecule has 1 aromatic carbocycles. The van der Waals surface area contributed by atoms with E-state index in [0.717, 1.165) is 18.4 Å². The summed E-state index contributed by atoms with van der Waals surface area (Å²) in [5.41, 5.74) is 1.21. The highest BCUT2D eigenvalue weighted by Crippen LogP contribution is 2.30. The summed E-state index contributed by atoms with van der Waals surface area (Å²) in [7, 11) is 1.47.